The lowest BCUT2D eigenvalue weighted by Crippen LogP contribution is -2.53. The number of Topliss-reactive ketones (excluding diaryl/α,β-unsaturated/α-hetero) is 1. The number of carbonyl (C=O) groups excluding carboxylic acids is 2. The zero-order valence-corrected chi connectivity index (χ0v) is 11.0. The van der Waals surface area contributed by atoms with Crippen LogP contribution in [0.25, 0.3) is 0 Å². The summed E-state index contributed by atoms with van der Waals surface area (Å²) < 4.78 is 5.04. The molecule has 3 nitrogen and oxygen atoms in total. The van der Waals surface area contributed by atoms with Gasteiger partial charge in [0, 0.05) is 17.9 Å². The topological polar surface area (TPSA) is 43.4 Å². The summed E-state index contributed by atoms with van der Waals surface area (Å²) in [6.45, 7) is 2.05. The second kappa shape index (κ2) is 4.34. The SMILES string of the molecule is COC1=CC(=O)[C@H]2[C@H](C)[C@@H](c3ccccc3)[C@H]2C1=O. The molecular weight excluding hydrogens is 240 g/mol. The van der Waals surface area contributed by atoms with Gasteiger partial charge in [-0.25, -0.2) is 0 Å². The summed E-state index contributed by atoms with van der Waals surface area (Å²) >= 11 is 0. The number of fused-ring (bicyclic) bond motifs is 1. The third-order valence-electron chi connectivity index (χ3n) is 4.46. The molecule has 0 amide bonds. The van der Waals surface area contributed by atoms with Gasteiger partial charge in [-0.05, 0) is 17.4 Å². The van der Waals surface area contributed by atoms with E-state index in [1.54, 1.807) is 0 Å². The largest absolute Gasteiger partial charge is 0.493 e. The molecule has 0 saturated heterocycles. The summed E-state index contributed by atoms with van der Waals surface area (Å²) in [6, 6.07) is 9.95. The highest BCUT2D eigenvalue weighted by molar-refractivity contribution is 6.11. The van der Waals surface area contributed by atoms with E-state index in [4.69, 9.17) is 4.74 Å². The molecule has 0 heterocycles. The Balaban J connectivity index is 1.98. The van der Waals surface area contributed by atoms with Gasteiger partial charge in [-0.1, -0.05) is 37.3 Å². The third kappa shape index (κ3) is 1.65. The van der Waals surface area contributed by atoms with E-state index in [1.807, 2.05) is 30.3 Å². The van der Waals surface area contributed by atoms with Crippen molar-refractivity contribution < 1.29 is 14.3 Å². The molecule has 1 aromatic rings. The molecule has 0 spiro atoms. The van der Waals surface area contributed by atoms with E-state index in [1.165, 1.54) is 13.2 Å². The molecule has 1 fully saturated rings. The van der Waals surface area contributed by atoms with Gasteiger partial charge in [-0.2, -0.15) is 0 Å². The van der Waals surface area contributed by atoms with Crippen LogP contribution in [0.15, 0.2) is 42.2 Å². The smallest absolute Gasteiger partial charge is 0.201 e. The third-order valence-corrected chi connectivity index (χ3v) is 4.46. The van der Waals surface area contributed by atoms with Crippen LogP contribution in [-0.2, 0) is 14.3 Å². The molecule has 19 heavy (non-hydrogen) atoms. The molecular formula is C16H16O3. The van der Waals surface area contributed by atoms with Crippen LogP contribution in [0.5, 0.6) is 0 Å². The van der Waals surface area contributed by atoms with Gasteiger partial charge >= 0.3 is 0 Å². The van der Waals surface area contributed by atoms with Gasteiger partial charge in [0.05, 0.1) is 7.11 Å². The van der Waals surface area contributed by atoms with Crippen molar-refractivity contribution in [3.8, 4) is 0 Å². The predicted octanol–water partition coefficient (Wildman–Crippen LogP) is 2.33. The Morgan fingerprint density at radius 1 is 1.00 bits per heavy atom. The van der Waals surface area contributed by atoms with Crippen LogP contribution in [0.2, 0.25) is 0 Å². The summed E-state index contributed by atoms with van der Waals surface area (Å²) in [4.78, 5) is 24.4. The fourth-order valence-electron chi connectivity index (χ4n) is 3.52. The minimum atomic E-state index is -0.246. The molecule has 1 saturated carbocycles. The molecule has 0 radical (unpaired) electrons. The first-order valence-corrected chi connectivity index (χ1v) is 6.54. The second-order valence-corrected chi connectivity index (χ2v) is 5.33. The van der Waals surface area contributed by atoms with Crippen LogP contribution in [0.1, 0.15) is 18.4 Å². The van der Waals surface area contributed by atoms with Crippen molar-refractivity contribution >= 4 is 11.6 Å². The molecule has 2 aliphatic carbocycles. The number of ether oxygens (including phenoxy) is 1. The normalized spacial score (nSPS) is 33.3. The minimum Gasteiger partial charge on any atom is -0.493 e. The molecule has 2 aliphatic rings. The van der Waals surface area contributed by atoms with Gasteiger partial charge < -0.3 is 4.74 Å². The number of benzene rings is 1. The number of carbonyl (C=O) groups is 2. The molecule has 98 valence electrons. The number of allylic oxidation sites excluding steroid dienone is 2. The van der Waals surface area contributed by atoms with E-state index >= 15 is 0 Å². The van der Waals surface area contributed by atoms with Crippen molar-refractivity contribution in [2.24, 2.45) is 17.8 Å². The highest BCUT2D eigenvalue weighted by Gasteiger charge is 2.57. The second-order valence-electron chi connectivity index (χ2n) is 5.33. The van der Waals surface area contributed by atoms with E-state index in [0.717, 1.165) is 5.56 Å². The number of methoxy groups -OCH3 is 1. The zero-order chi connectivity index (χ0) is 13.6. The molecule has 0 N–H and O–H groups in total. The van der Waals surface area contributed by atoms with Crippen molar-refractivity contribution in [1.82, 2.24) is 0 Å². The van der Waals surface area contributed by atoms with Crippen molar-refractivity contribution in [1.29, 1.82) is 0 Å². The first-order valence-electron chi connectivity index (χ1n) is 6.54. The average molecular weight is 256 g/mol. The lowest BCUT2D eigenvalue weighted by Gasteiger charge is -2.50. The van der Waals surface area contributed by atoms with Crippen LogP contribution in [0.4, 0.5) is 0 Å². The molecule has 0 unspecified atom stereocenters. The number of rotatable bonds is 2. The minimum absolute atomic E-state index is 0.0287. The molecule has 1 aromatic carbocycles. The van der Waals surface area contributed by atoms with Crippen LogP contribution >= 0.6 is 0 Å². The quantitative estimate of drug-likeness (QED) is 0.815. The molecule has 4 atom stereocenters. The van der Waals surface area contributed by atoms with E-state index < -0.39 is 0 Å². The van der Waals surface area contributed by atoms with Crippen LogP contribution < -0.4 is 0 Å². The molecule has 0 aromatic heterocycles. The van der Waals surface area contributed by atoms with Gasteiger partial charge in [0.25, 0.3) is 0 Å². The summed E-state index contributed by atoms with van der Waals surface area (Å²) in [5.41, 5.74) is 1.13. The van der Waals surface area contributed by atoms with E-state index in [9.17, 15) is 9.59 Å². The Morgan fingerprint density at radius 2 is 1.68 bits per heavy atom. The lowest BCUT2D eigenvalue weighted by molar-refractivity contribution is -0.144. The Kier molecular flexibility index (Phi) is 2.77. The zero-order valence-electron chi connectivity index (χ0n) is 11.0. The van der Waals surface area contributed by atoms with Gasteiger partial charge in [0.1, 0.15) is 0 Å². The van der Waals surface area contributed by atoms with E-state index in [-0.39, 0.29) is 41.0 Å². The van der Waals surface area contributed by atoms with Crippen LogP contribution in [0, 0.1) is 17.8 Å². The Morgan fingerprint density at radius 3 is 2.32 bits per heavy atom. The fraction of sp³-hybridized carbons (Fsp3) is 0.375. The average Bonchev–Trinajstić information content (AvgIpc) is 2.41. The maximum atomic E-state index is 12.3. The van der Waals surface area contributed by atoms with Crippen LogP contribution in [-0.4, -0.2) is 18.7 Å². The Hall–Kier alpha value is -1.90. The van der Waals surface area contributed by atoms with Gasteiger partial charge in [0.2, 0.25) is 5.78 Å². The number of ketones is 2. The van der Waals surface area contributed by atoms with Crippen molar-refractivity contribution in [3.63, 3.8) is 0 Å². The molecule has 0 bridgehead atoms. The Labute approximate surface area is 112 Å². The lowest BCUT2D eigenvalue weighted by atomic mass is 9.51. The molecule has 3 rings (SSSR count). The maximum Gasteiger partial charge on any atom is 0.201 e. The van der Waals surface area contributed by atoms with E-state index in [2.05, 4.69) is 6.92 Å². The van der Waals surface area contributed by atoms with Gasteiger partial charge in [-0.15, -0.1) is 0 Å². The highest BCUT2D eigenvalue weighted by atomic mass is 16.5. The molecule has 0 aliphatic heterocycles. The monoisotopic (exact) mass is 256 g/mol. The van der Waals surface area contributed by atoms with Crippen molar-refractivity contribution in [2.45, 2.75) is 12.8 Å². The Bertz CT molecular complexity index is 559. The molecule has 3 heteroatoms. The van der Waals surface area contributed by atoms with Gasteiger partial charge in [0.15, 0.2) is 11.5 Å². The summed E-state index contributed by atoms with van der Waals surface area (Å²) in [5.74, 6) is 0.126. The highest BCUT2D eigenvalue weighted by Crippen LogP contribution is 2.55. The number of hydrogen-bond donors (Lipinski definition) is 0. The summed E-state index contributed by atoms with van der Waals surface area (Å²) in [6.07, 6.45) is 1.36. The fourth-order valence-corrected chi connectivity index (χ4v) is 3.52. The van der Waals surface area contributed by atoms with Crippen LogP contribution in [0.3, 0.4) is 0 Å². The van der Waals surface area contributed by atoms with Crippen molar-refractivity contribution in [3.05, 3.63) is 47.7 Å². The van der Waals surface area contributed by atoms with Crippen molar-refractivity contribution in [2.75, 3.05) is 7.11 Å². The standard InChI is InChI=1S/C16H16O3/c1-9-13(10-6-4-3-5-7-10)15-14(9)11(17)8-12(19-2)16(15)18/h3-9,13-15H,1-2H3/t9-,13+,14-,15-/m1/s1. The maximum absolute atomic E-state index is 12.3. The predicted molar refractivity (Wildman–Crippen MR) is 70.4 cm³/mol. The summed E-state index contributed by atoms with van der Waals surface area (Å²) in [5, 5.41) is 0. The number of hydrogen-bond acceptors (Lipinski definition) is 3. The van der Waals surface area contributed by atoms with E-state index in [0.29, 0.717) is 0 Å². The van der Waals surface area contributed by atoms with Gasteiger partial charge in [-0.3, -0.25) is 9.59 Å². The summed E-state index contributed by atoms with van der Waals surface area (Å²) in [7, 11) is 1.44. The first kappa shape index (κ1) is 12.2. The first-order chi connectivity index (χ1) is 9.15.